The van der Waals surface area contributed by atoms with Gasteiger partial charge in [0.05, 0.1) is 0 Å². The van der Waals surface area contributed by atoms with Crippen LogP contribution in [0.5, 0.6) is 0 Å². The highest BCUT2D eigenvalue weighted by atomic mass is 79.9. The molecule has 1 heterocycles. The van der Waals surface area contributed by atoms with Gasteiger partial charge in [0.1, 0.15) is 0 Å². The first kappa shape index (κ1) is 11.5. The fourth-order valence-corrected chi connectivity index (χ4v) is 8.34. The van der Waals surface area contributed by atoms with E-state index in [2.05, 4.69) is 59.4 Å². The molecule has 0 saturated heterocycles. The molecule has 0 unspecified atom stereocenters. The van der Waals surface area contributed by atoms with Crippen LogP contribution in [0, 0.1) is 0 Å². The molecule has 0 amide bonds. The molecule has 0 aromatic heterocycles. The van der Waals surface area contributed by atoms with Crippen molar-refractivity contribution in [2.24, 2.45) is 0 Å². The summed E-state index contributed by atoms with van der Waals surface area (Å²) in [6.45, 7) is 4.80. The van der Waals surface area contributed by atoms with Gasteiger partial charge in [-0.05, 0) is 22.2 Å². The Kier molecular flexibility index (Phi) is 2.51. The van der Waals surface area contributed by atoms with Crippen molar-refractivity contribution in [3.63, 3.8) is 0 Å². The zero-order valence-electron chi connectivity index (χ0n) is 9.72. The number of hydrogen-bond acceptors (Lipinski definition) is 0. The minimum Gasteiger partial charge on any atom is -0.173 e. The van der Waals surface area contributed by atoms with Crippen LogP contribution in [0.15, 0.2) is 40.9 Å². The molecule has 17 heavy (non-hydrogen) atoms. The van der Waals surface area contributed by atoms with Gasteiger partial charge in [0.25, 0.3) is 0 Å². The number of fused-ring (bicyclic) bond motifs is 3. The molecule has 1 aliphatic rings. The van der Waals surface area contributed by atoms with Gasteiger partial charge in [-0.15, -0.1) is 0 Å². The van der Waals surface area contributed by atoms with Crippen LogP contribution in [-0.2, 0) is 0 Å². The van der Waals surface area contributed by atoms with Crippen LogP contribution in [-0.4, -0.2) is 8.07 Å². The van der Waals surface area contributed by atoms with Crippen molar-refractivity contribution < 1.29 is 0 Å². The van der Waals surface area contributed by atoms with Crippen LogP contribution < -0.4 is 10.4 Å². The average Bonchev–Trinajstić information content (AvgIpc) is 2.49. The molecular weight excluding hydrogens is 312 g/mol. The molecular formula is C14H12BrClSi-. The van der Waals surface area contributed by atoms with E-state index in [1.54, 1.807) is 0 Å². The van der Waals surface area contributed by atoms with Crippen LogP contribution in [0.25, 0.3) is 11.1 Å². The third-order valence-corrected chi connectivity index (χ3v) is 8.35. The summed E-state index contributed by atoms with van der Waals surface area (Å²) in [4.78, 5) is 0. The Hall–Kier alpha value is -0.573. The lowest BCUT2D eigenvalue weighted by atomic mass is 10.1. The van der Waals surface area contributed by atoms with Crippen molar-refractivity contribution in [2.45, 2.75) is 13.1 Å². The predicted octanol–water partition coefficient (Wildman–Crippen LogP) is 3.91. The molecule has 0 nitrogen and oxygen atoms in total. The summed E-state index contributed by atoms with van der Waals surface area (Å²) >= 11 is 9.86. The fraction of sp³-hybridized carbons (Fsp3) is 0.143. The van der Waals surface area contributed by atoms with Crippen LogP contribution in [0.4, 0.5) is 0 Å². The lowest BCUT2D eigenvalue weighted by molar-refractivity contribution is 1.67. The lowest BCUT2D eigenvalue weighted by Crippen LogP contribution is -2.49. The predicted molar refractivity (Wildman–Crippen MR) is 81.3 cm³/mol. The van der Waals surface area contributed by atoms with Gasteiger partial charge in [-0.2, -0.15) is 23.5 Å². The van der Waals surface area contributed by atoms with Gasteiger partial charge < -0.3 is 0 Å². The monoisotopic (exact) mass is 322 g/mol. The maximum atomic E-state index is 6.17. The fourth-order valence-electron chi connectivity index (χ4n) is 2.82. The highest BCUT2D eigenvalue weighted by Crippen LogP contribution is 2.33. The van der Waals surface area contributed by atoms with Gasteiger partial charge in [0.2, 0.25) is 0 Å². The third kappa shape index (κ3) is 1.55. The first-order valence-corrected chi connectivity index (χ1v) is 9.78. The standard InChI is InChI=1S/C14H12BrClSi/c1-17(2)13-6-4-3-5-10(13)11-7-9(16)8-12(15)14(11)17/h3-8H,1-2H3/q-1. The molecule has 0 saturated carbocycles. The highest BCUT2D eigenvalue weighted by molar-refractivity contribution is 9.10. The van der Waals surface area contributed by atoms with Crippen molar-refractivity contribution in [3.8, 4) is 11.1 Å². The topological polar surface area (TPSA) is 0 Å². The molecule has 0 fully saturated rings. The summed E-state index contributed by atoms with van der Waals surface area (Å²) in [6, 6.07) is 12.8. The second kappa shape index (κ2) is 3.71. The lowest BCUT2D eigenvalue weighted by Gasteiger charge is -2.32. The van der Waals surface area contributed by atoms with E-state index in [0.717, 1.165) is 9.50 Å². The van der Waals surface area contributed by atoms with Crippen molar-refractivity contribution >= 4 is 46.0 Å². The quantitative estimate of drug-likeness (QED) is 0.645. The second-order valence-corrected chi connectivity index (χ2v) is 10.6. The molecule has 0 radical (unpaired) electrons. The van der Waals surface area contributed by atoms with E-state index in [-0.39, 0.29) is 0 Å². The Morgan fingerprint density at radius 2 is 1.76 bits per heavy atom. The Labute approximate surface area is 116 Å². The average molecular weight is 324 g/mol. The summed E-state index contributed by atoms with van der Waals surface area (Å²) in [5, 5.41) is 3.79. The van der Waals surface area contributed by atoms with Gasteiger partial charge in [-0.1, -0.05) is 65.4 Å². The molecule has 1 aliphatic heterocycles. The largest absolute Gasteiger partial charge is 0.173 e. The molecule has 0 N–H and O–H groups in total. The number of hydrogen-bond donors (Lipinski definition) is 0. The smallest absolute Gasteiger partial charge is 0.0421 e. The number of rotatable bonds is 0. The van der Waals surface area contributed by atoms with Crippen molar-refractivity contribution in [1.29, 1.82) is 0 Å². The van der Waals surface area contributed by atoms with Crippen LogP contribution in [0.1, 0.15) is 0 Å². The SMILES string of the molecule is C[Si-]1(C)c2ccccc2-c2cc(Cl)cc(Br)c21. The first-order chi connectivity index (χ1) is 8.01. The normalized spacial score (nSPS) is 15.5. The first-order valence-electron chi connectivity index (χ1n) is 5.61. The zero-order valence-corrected chi connectivity index (χ0v) is 13.1. The third-order valence-electron chi connectivity index (χ3n) is 3.57. The molecule has 0 aliphatic carbocycles. The molecule has 0 atom stereocenters. The van der Waals surface area contributed by atoms with Crippen LogP contribution in [0.2, 0.25) is 18.1 Å². The number of benzene rings is 2. The van der Waals surface area contributed by atoms with Gasteiger partial charge >= 0.3 is 0 Å². The Morgan fingerprint density at radius 3 is 2.53 bits per heavy atom. The maximum absolute atomic E-state index is 6.17. The molecule has 0 spiro atoms. The molecule has 2 aromatic rings. The van der Waals surface area contributed by atoms with Crippen LogP contribution >= 0.6 is 27.5 Å². The summed E-state index contributed by atoms with van der Waals surface area (Å²) in [6.07, 6.45) is 0. The maximum Gasteiger partial charge on any atom is 0.0421 e. The van der Waals surface area contributed by atoms with E-state index in [4.69, 9.17) is 11.6 Å². The van der Waals surface area contributed by atoms with E-state index >= 15 is 0 Å². The van der Waals surface area contributed by atoms with E-state index in [0.29, 0.717) is 0 Å². The minimum absolute atomic E-state index is 0.803. The summed E-state index contributed by atoms with van der Waals surface area (Å²) in [5.41, 5.74) is 2.68. The van der Waals surface area contributed by atoms with E-state index < -0.39 is 8.07 Å². The van der Waals surface area contributed by atoms with E-state index in [9.17, 15) is 0 Å². The molecule has 2 aromatic carbocycles. The van der Waals surface area contributed by atoms with E-state index in [1.165, 1.54) is 21.5 Å². The van der Waals surface area contributed by atoms with Gasteiger partial charge in [-0.3, -0.25) is 0 Å². The molecule has 3 rings (SSSR count). The highest BCUT2D eigenvalue weighted by Gasteiger charge is 2.28. The van der Waals surface area contributed by atoms with Crippen LogP contribution in [0.3, 0.4) is 0 Å². The molecule has 0 bridgehead atoms. The van der Waals surface area contributed by atoms with Crippen molar-refractivity contribution in [1.82, 2.24) is 0 Å². The number of halogens is 2. The van der Waals surface area contributed by atoms with Gasteiger partial charge in [-0.25, -0.2) is 0 Å². The van der Waals surface area contributed by atoms with E-state index in [1.807, 2.05) is 6.07 Å². The molecule has 87 valence electrons. The Morgan fingerprint density at radius 1 is 1.06 bits per heavy atom. The van der Waals surface area contributed by atoms with Gasteiger partial charge in [0.15, 0.2) is 0 Å². The summed E-state index contributed by atoms with van der Waals surface area (Å²) < 4.78 is 1.16. The zero-order chi connectivity index (χ0) is 12.2. The summed E-state index contributed by atoms with van der Waals surface area (Å²) in [5.74, 6) is 0. The minimum atomic E-state index is -1.55. The Balaban J connectivity index is 2.44. The van der Waals surface area contributed by atoms with Crippen molar-refractivity contribution in [2.75, 3.05) is 0 Å². The Bertz CT molecular complexity index is 620. The molecule has 3 heteroatoms. The second-order valence-electron chi connectivity index (χ2n) is 4.98. The van der Waals surface area contributed by atoms with Crippen molar-refractivity contribution in [3.05, 3.63) is 45.9 Å². The van der Waals surface area contributed by atoms with Gasteiger partial charge in [0, 0.05) is 5.02 Å². The summed E-state index contributed by atoms with van der Waals surface area (Å²) in [7, 11) is -1.55.